The van der Waals surface area contributed by atoms with Crippen LogP contribution in [-0.2, 0) is 0 Å². The second-order valence-electron chi connectivity index (χ2n) is 3.27. The number of pyridine rings is 1. The molecule has 14 heteroatoms. The molecule has 4 N–H and O–H groups in total. The van der Waals surface area contributed by atoms with Gasteiger partial charge >= 0.3 is 44.7 Å². The molecule has 0 aliphatic heterocycles. The first kappa shape index (κ1) is 15.9. The van der Waals surface area contributed by atoms with Gasteiger partial charge in [0.2, 0.25) is 5.52 Å². The Morgan fingerprint density at radius 3 is 2.35 bits per heavy atom. The van der Waals surface area contributed by atoms with Crippen LogP contribution < -0.4 is 15.4 Å². The maximum Gasteiger partial charge on any atom is 0.366 e. The minimum absolute atomic E-state index is 0.429. The van der Waals surface area contributed by atoms with E-state index >= 15 is 0 Å². The summed E-state index contributed by atoms with van der Waals surface area (Å²) in [6.07, 6.45) is 1.60. The maximum absolute atomic E-state index is 10.7. The van der Waals surface area contributed by atoms with Gasteiger partial charge < -0.3 is 5.73 Å². The van der Waals surface area contributed by atoms with Gasteiger partial charge in [0, 0.05) is 4.85 Å². The van der Waals surface area contributed by atoms with Crippen LogP contribution in [0.1, 0.15) is 0 Å². The number of halogens is 6. The van der Waals surface area contributed by atoms with Crippen LogP contribution in [0.4, 0.5) is 25.2 Å². The smallest absolute Gasteiger partial charge is 0.350 e. The van der Waals surface area contributed by atoms with Crippen LogP contribution in [0.2, 0.25) is 0 Å². The molecule has 0 unspecified atom stereocenters. The largest absolute Gasteiger partial charge is 0.366 e. The fourth-order valence-corrected chi connectivity index (χ4v) is 0.941. The standard InChI is InChI=1S/C6H6N6O.F6P/c7-6(8)13-12-5-4(10-11-12)2-1-3-9-5;1-7(2,3,4,5)6/h1-3H,(H3,7,8);/q;-1/p+1. The maximum atomic E-state index is 9.87. The summed E-state index contributed by atoms with van der Waals surface area (Å²) < 4.78 is 59.2. The van der Waals surface area contributed by atoms with Crippen LogP contribution in [0, 0.1) is 5.41 Å². The fourth-order valence-electron chi connectivity index (χ4n) is 0.941. The van der Waals surface area contributed by atoms with Gasteiger partial charge in [0.05, 0.1) is 0 Å². The summed E-state index contributed by atoms with van der Waals surface area (Å²) in [7, 11) is -10.7. The van der Waals surface area contributed by atoms with Gasteiger partial charge in [0.25, 0.3) is 0 Å². The second-order valence-corrected chi connectivity index (χ2v) is 5.18. The average molecular weight is 324 g/mol. The number of hydrogen-bond donors (Lipinski definition) is 3. The van der Waals surface area contributed by atoms with Crippen molar-refractivity contribution in [3.05, 3.63) is 18.3 Å². The van der Waals surface area contributed by atoms with Crippen LogP contribution in [0.15, 0.2) is 18.3 Å². The molecule has 0 spiro atoms. The van der Waals surface area contributed by atoms with E-state index in [1.807, 2.05) is 0 Å². The van der Waals surface area contributed by atoms with Gasteiger partial charge in [-0.2, -0.15) is 0 Å². The summed E-state index contributed by atoms with van der Waals surface area (Å²) >= 11 is 0. The van der Waals surface area contributed by atoms with Crippen LogP contribution in [0.3, 0.4) is 0 Å². The van der Waals surface area contributed by atoms with Gasteiger partial charge in [-0.1, -0.05) is 5.21 Å². The van der Waals surface area contributed by atoms with Gasteiger partial charge in [-0.15, -0.1) is 4.98 Å². The first-order valence-corrected chi connectivity index (χ1v) is 6.55. The van der Waals surface area contributed by atoms with Crippen LogP contribution in [-0.4, -0.2) is 21.3 Å². The Labute approximate surface area is 106 Å². The molecule has 0 radical (unpaired) electrons. The molecule has 2 heterocycles. The first-order chi connectivity index (χ1) is 8.72. The molecule has 0 aromatic carbocycles. The summed E-state index contributed by atoms with van der Waals surface area (Å²) in [5.41, 5.74) is 6.17. The van der Waals surface area contributed by atoms with Crippen molar-refractivity contribution in [1.29, 1.82) is 5.41 Å². The molecule has 0 saturated heterocycles. The number of hydrogen-bond acceptors (Lipinski definition) is 4. The van der Waals surface area contributed by atoms with Crippen LogP contribution in [0.5, 0.6) is 0 Å². The predicted molar refractivity (Wildman–Crippen MR) is 56.1 cm³/mol. The Balaban J connectivity index is 0.000000246. The molecule has 0 saturated carbocycles. The third-order valence-electron chi connectivity index (χ3n) is 1.41. The number of H-pyrrole nitrogens is 1. The quantitative estimate of drug-likeness (QED) is 0.245. The van der Waals surface area contributed by atoms with E-state index in [1.165, 1.54) is 0 Å². The van der Waals surface area contributed by atoms with E-state index in [9.17, 15) is 25.2 Å². The summed E-state index contributed by atoms with van der Waals surface area (Å²) in [6, 6.07) is 3.08. The Morgan fingerprint density at radius 1 is 1.30 bits per heavy atom. The van der Waals surface area contributed by atoms with E-state index in [2.05, 4.69) is 15.3 Å². The van der Waals surface area contributed by atoms with Crippen LogP contribution >= 0.6 is 7.81 Å². The molecule has 0 atom stereocenters. The zero-order valence-corrected chi connectivity index (χ0v) is 10.2. The number of aromatic nitrogens is 4. The van der Waals surface area contributed by atoms with Gasteiger partial charge in [0.1, 0.15) is 6.20 Å². The number of nitrogens with two attached hydrogens (primary N) is 1. The molecular weight excluding hydrogens is 317 g/mol. The van der Waals surface area contributed by atoms with Crippen molar-refractivity contribution in [3.8, 4) is 0 Å². The molecule has 2 rings (SSSR count). The fraction of sp³-hybridized carbons (Fsp3) is 0. The van der Waals surface area contributed by atoms with Gasteiger partial charge in [-0.25, -0.2) is 5.41 Å². The average Bonchev–Trinajstić information content (AvgIpc) is 2.56. The number of nitrogens with zero attached hydrogens (tertiary/aromatic N) is 3. The van der Waals surface area contributed by atoms with Crippen molar-refractivity contribution < 1.29 is 34.9 Å². The normalized spacial score (nSPS) is 14.7. The van der Waals surface area contributed by atoms with E-state index in [4.69, 9.17) is 16.0 Å². The molecule has 0 amide bonds. The third kappa shape index (κ3) is 7.31. The minimum atomic E-state index is -10.7. The van der Waals surface area contributed by atoms with Crippen LogP contribution in [0.25, 0.3) is 11.2 Å². The number of fused-ring (bicyclic) bond motifs is 1. The Hall–Kier alpha value is -2.17. The van der Waals surface area contributed by atoms with E-state index in [1.54, 1.807) is 18.3 Å². The molecule has 20 heavy (non-hydrogen) atoms. The molecule has 0 fully saturated rings. The number of nitrogens with one attached hydrogen (secondary N) is 2. The van der Waals surface area contributed by atoms with Gasteiger partial charge in [0.15, 0.2) is 0 Å². The monoisotopic (exact) mass is 324 g/mol. The van der Waals surface area contributed by atoms with Crippen molar-refractivity contribution in [1.82, 2.24) is 15.3 Å². The van der Waals surface area contributed by atoms with Crippen molar-refractivity contribution >= 4 is 25.0 Å². The molecule has 2 aromatic rings. The van der Waals surface area contributed by atoms with Gasteiger partial charge in [-0.05, 0) is 17.2 Å². The third-order valence-corrected chi connectivity index (χ3v) is 1.41. The Kier molecular flexibility index (Phi) is 3.31. The van der Waals surface area contributed by atoms with E-state index < -0.39 is 13.8 Å². The molecule has 7 nitrogen and oxygen atoms in total. The summed E-state index contributed by atoms with van der Waals surface area (Å²) in [4.78, 5) is 9.87. The van der Waals surface area contributed by atoms with E-state index in [0.717, 1.165) is 4.85 Å². The summed E-state index contributed by atoms with van der Waals surface area (Å²) in [6.45, 7) is 0. The molecule has 0 aliphatic carbocycles. The summed E-state index contributed by atoms with van der Waals surface area (Å²) in [5.74, 6) is 0. The van der Waals surface area contributed by atoms with Crippen molar-refractivity contribution in [2.75, 3.05) is 0 Å². The molecule has 2 aromatic heterocycles. The molecule has 114 valence electrons. The SMILES string of the molecule is F[P-](F)(F)(F)(F)F.N=C(N)O[n+]1[nH]nc2cccnc21. The van der Waals surface area contributed by atoms with E-state index in [-0.39, 0.29) is 0 Å². The minimum Gasteiger partial charge on any atom is -0.350 e. The Morgan fingerprint density at radius 2 is 1.85 bits per heavy atom. The van der Waals surface area contributed by atoms with E-state index in [0.29, 0.717) is 11.2 Å². The Bertz CT molecular complexity index is 626. The number of rotatable bonds is 1. The molecule has 0 aliphatic rings. The zero-order chi connectivity index (χ0) is 15.7. The number of aromatic amines is 1. The second kappa shape index (κ2) is 4.16. The molecular formula is C6H7F6N6OP. The van der Waals surface area contributed by atoms with Gasteiger partial charge in [-0.3, -0.25) is 4.84 Å². The summed E-state index contributed by atoms with van der Waals surface area (Å²) in [5, 5.41) is 13.3. The van der Waals surface area contributed by atoms with Crippen molar-refractivity contribution in [3.63, 3.8) is 0 Å². The first-order valence-electron chi connectivity index (χ1n) is 4.52. The number of amidine groups is 1. The predicted octanol–water partition coefficient (Wildman–Crippen LogP) is 1.95. The molecule has 0 bridgehead atoms. The topological polar surface area (TPSA) is 105 Å². The zero-order valence-electron chi connectivity index (χ0n) is 9.27. The van der Waals surface area contributed by atoms with Crippen molar-refractivity contribution in [2.24, 2.45) is 5.73 Å². The van der Waals surface area contributed by atoms with Crippen molar-refractivity contribution in [2.45, 2.75) is 0 Å².